The van der Waals surface area contributed by atoms with Crippen LogP contribution in [0.1, 0.15) is 17.4 Å². The first kappa shape index (κ1) is 16.7. The van der Waals surface area contributed by atoms with Gasteiger partial charge in [-0.25, -0.2) is 17.5 Å². The Kier molecular flexibility index (Phi) is 4.46. The Morgan fingerprint density at radius 1 is 1.45 bits per heavy atom. The standard InChI is InChI=1S/C13H16ClN3O4S/c1-5-21-13(18)12-10(14)11-9(17(12)4)6-8(7-15-11)22(19,20)16(2)3/h6-7H,5H2,1-4H3. The molecule has 0 aliphatic heterocycles. The van der Waals surface area contributed by atoms with Crippen LogP contribution in [0.15, 0.2) is 17.2 Å². The van der Waals surface area contributed by atoms with Crippen molar-refractivity contribution in [2.24, 2.45) is 7.05 Å². The molecule has 7 nitrogen and oxygen atoms in total. The van der Waals surface area contributed by atoms with Crippen LogP contribution in [-0.2, 0) is 21.8 Å². The minimum Gasteiger partial charge on any atom is -0.461 e. The molecule has 9 heteroatoms. The van der Waals surface area contributed by atoms with Crippen LogP contribution >= 0.6 is 11.6 Å². The SMILES string of the molecule is CCOC(=O)c1c(Cl)c2ncc(S(=O)(=O)N(C)C)cc2n1C. The molecule has 0 unspecified atom stereocenters. The van der Waals surface area contributed by atoms with Crippen molar-refractivity contribution in [1.82, 2.24) is 13.9 Å². The minimum atomic E-state index is -3.62. The van der Waals surface area contributed by atoms with Crippen molar-refractivity contribution in [3.05, 3.63) is 23.0 Å². The molecule has 0 saturated heterocycles. The van der Waals surface area contributed by atoms with E-state index in [0.29, 0.717) is 11.0 Å². The summed E-state index contributed by atoms with van der Waals surface area (Å²) in [6.45, 7) is 1.90. The molecule has 2 aromatic rings. The van der Waals surface area contributed by atoms with Crippen LogP contribution < -0.4 is 0 Å². The summed E-state index contributed by atoms with van der Waals surface area (Å²) in [7, 11) is 0.849. The highest BCUT2D eigenvalue weighted by atomic mass is 35.5. The van der Waals surface area contributed by atoms with Gasteiger partial charge >= 0.3 is 5.97 Å². The van der Waals surface area contributed by atoms with Gasteiger partial charge in [-0.15, -0.1) is 0 Å². The number of rotatable bonds is 4. The molecule has 0 saturated carbocycles. The maximum absolute atomic E-state index is 12.2. The average molecular weight is 346 g/mol. The van der Waals surface area contributed by atoms with Crippen molar-refractivity contribution < 1.29 is 17.9 Å². The van der Waals surface area contributed by atoms with Gasteiger partial charge in [-0.1, -0.05) is 11.6 Å². The number of halogens is 1. The Hall–Kier alpha value is -1.64. The van der Waals surface area contributed by atoms with Crippen LogP contribution in [-0.4, -0.2) is 48.9 Å². The van der Waals surface area contributed by atoms with Gasteiger partial charge < -0.3 is 9.30 Å². The lowest BCUT2D eigenvalue weighted by molar-refractivity contribution is 0.0516. The Balaban J connectivity index is 2.70. The van der Waals surface area contributed by atoms with Crippen molar-refractivity contribution >= 4 is 38.6 Å². The summed E-state index contributed by atoms with van der Waals surface area (Å²) in [5, 5.41) is 0.143. The van der Waals surface area contributed by atoms with Gasteiger partial charge in [0.1, 0.15) is 16.1 Å². The minimum absolute atomic E-state index is 0.0256. The second kappa shape index (κ2) is 5.86. The van der Waals surface area contributed by atoms with E-state index in [0.717, 1.165) is 4.31 Å². The molecule has 0 atom stereocenters. The van der Waals surface area contributed by atoms with Gasteiger partial charge in [0.05, 0.1) is 17.1 Å². The van der Waals surface area contributed by atoms with Crippen LogP contribution in [0.25, 0.3) is 11.0 Å². The first-order valence-electron chi connectivity index (χ1n) is 6.45. The number of esters is 1. The molecule has 22 heavy (non-hydrogen) atoms. The molecule has 0 aliphatic rings. The summed E-state index contributed by atoms with van der Waals surface area (Å²) < 4.78 is 31.9. The Bertz CT molecular complexity index is 843. The van der Waals surface area contributed by atoms with E-state index in [1.54, 1.807) is 14.0 Å². The molecule has 2 aromatic heterocycles. The Labute approximate surface area is 133 Å². The first-order valence-corrected chi connectivity index (χ1v) is 8.27. The third-order valence-electron chi connectivity index (χ3n) is 3.20. The fraction of sp³-hybridized carbons (Fsp3) is 0.385. The number of sulfonamides is 1. The lowest BCUT2D eigenvalue weighted by Gasteiger charge is -2.11. The Morgan fingerprint density at radius 2 is 2.09 bits per heavy atom. The number of fused-ring (bicyclic) bond motifs is 1. The van der Waals surface area contributed by atoms with E-state index in [-0.39, 0.29) is 22.2 Å². The van der Waals surface area contributed by atoms with E-state index in [2.05, 4.69) is 4.98 Å². The molecule has 0 amide bonds. The van der Waals surface area contributed by atoms with E-state index in [1.165, 1.54) is 30.9 Å². The summed E-state index contributed by atoms with van der Waals surface area (Å²) in [6.07, 6.45) is 1.22. The zero-order chi connectivity index (χ0) is 16.7. The highest BCUT2D eigenvalue weighted by Crippen LogP contribution is 2.30. The lowest BCUT2D eigenvalue weighted by atomic mass is 10.3. The maximum atomic E-state index is 12.2. The predicted molar refractivity (Wildman–Crippen MR) is 82.6 cm³/mol. The monoisotopic (exact) mass is 345 g/mol. The van der Waals surface area contributed by atoms with E-state index < -0.39 is 16.0 Å². The fourth-order valence-corrected chi connectivity index (χ4v) is 3.23. The average Bonchev–Trinajstić information content (AvgIpc) is 2.70. The fourth-order valence-electron chi connectivity index (χ4n) is 2.02. The summed E-state index contributed by atoms with van der Waals surface area (Å²) >= 11 is 6.18. The van der Waals surface area contributed by atoms with E-state index >= 15 is 0 Å². The number of nitrogens with zero attached hydrogens (tertiary/aromatic N) is 3. The van der Waals surface area contributed by atoms with Gasteiger partial charge in [-0.3, -0.25) is 4.98 Å². The summed E-state index contributed by atoms with van der Waals surface area (Å²) in [4.78, 5) is 16.1. The predicted octanol–water partition coefficient (Wildman–Crippen LogP) is 1.65. The smallest absolute Gasteiger partial charge is 0.356 e. The number of carbonyl (C=O) groups excluding carboxylic acids is 1. The van der Waals surface area contributed by atoms with Gasteiger partial charge in [0.25, 0.3) is 0 Å². The molecule has 2 rings (SSSR count). The molecule has 2 heterocycles. The second-order valence-electron chi connectivity index (χ2n) is 4.77. The van der Waals surface area contributed by atoms with Crippen LogP contribution in [0.4, 0.5) is 0 Å². The number of hydrogen-bond acceptors (Lipinski definition) is 5. The number of aryl methyl sites for hydroxylation is 1. The summed E-state index contributed by atoms with van der Waals surface area (Å²) in [6, 6.07) is 1.44. The molecule has 0 bridgehead atoms. The van der Waals surface area contributed by atoms with Gasteiger partial charge in [-0.05, 0) is 13.0 Å². The van der Waals surface area contributed by atoms with Gasteiger partial charge in [0, 0.05) is 27.3 Å². The molecule has 0 fully saturated rings. The normalized spacial score (nSPS) is 12.1. The maximum Gasteiger partial charge on any atom is 0.356 e. The quantitative estimate of drug-likeness (QED) is 0.787. The van der Waals surface area contributed by atoms with E-state index in [9.17, 15) is 13.2 Å². The lowest BCUT2D eigenvalue weighted by Crippen LogP contribution is -2.22. The summed E-state index contributed by atoms with van der Waals surface area (Å²) in [5.41, 5.74) is 0.936. The van der Waals surface area contributed by atoms with Crippen molar-refractivity contribution in [1.29, 1.82) is 0 Å². The van der Waals surface area contributed by atoms with Gasteiger partial charge in [0.15, 0.2) is 0 Å². The third kappa shape index (κ3) is 2.57. The van der Waals surface area contributed by atoms with Crippen molar-refractivity contribution in [3.8, 4) is 0 Å². The van der Waals surface area contributed by atoms with Crippen LogP contribution in [0.2, 0.25) is 5.02 Å². The number of aromatic nitrogens is 2. The second-order valence-corrected chi connectivity index (χ2v) is 7.30. The highest BCUT2D eigenvalue weighted by Gasteiger charge is 2.25. The molecule has 0 aliphatic carbocycles. The largest absolute Gasteiger partial charge is 0.461 e. The van der Waals surface area contributed by atoms with Crippen molar-refractivity contribution in [3.63, 3.8) is 0 Å². The molecule has 0 N–H and O–H groups in total. The zero-order valence-corrected chi connectivity index (χ0v) is 14.2. The van der Waals surface area contributed by atoms with E-state index in [1.807, 2.05) is 0 Å². The molecule has 120 valence electrons. The van der Waals surface area contributed by atoms with Crippen LogP contribution in [0, 0.1) is 0 Å². The van der Waals surface area contributed by atoms with Gasteiger partial charge in [-0.2, -0.15) is 0 Å². The van der Waals surface area contributed by atoms with Crippen molar-refractivity contribution in [2.45, 2.75) is 11.8 Å². The van der Waals surface area contributed by atoms with Crippen molar-refractivity contribution in [2.75, 3.05) is 20.7 Å². The van der Waals surface area contributed by atoms with Gasteiger partial charge in [0.2, 0.25) is 10.0 Å². The highest BCUT2D eigenvalue weighted by molar-refractivity contribution is 7.89. The number of ether oxygens (including phenoxy) is 1. The molecular formula is C13H16ClN3O4S. The molecular weight excluding hydrogens is 330 g/mol. The first-order chi connectivity index (χ1) is 10.2. The Morgan fingerprint density at radius 3 is 2.64 bits per heavy atom. The number of carbonyl (C=O) groups is 1. The molecule has 0 spiro atoms. The third-order valence-corrected chi connectivity index (χ3v) is 5.34. The molecule has 0 radical (unpaired) electrons. The van der Waals surface area contributed by atoms with Crippen LogP contribution in [0.3, 0.4) is 0 Å². The topological polar surface area (TPSA) is 81.5 Å². The van der Waals surface area contributed by atoms with E-state index in [4.69, 9.17) is 16.3 Å². The summed E-state index contributed by atoms with van der Waals surface area (Å²) in [5.74, 6) is -0.579. The zero-order valence-electron chi connectivity index (χ0n) is 12.6. The number of hydrogen-bond donors (Lipinski definition) is 0. The number of pyridine rings is 1. The molecule has 0 aromatic carbocycles. The van der Waals surface area contributed by atoms with Crippen LogP contribution in [0.5, 0.6) is 0 Å².